The summed E-state index contributed by atoms with van der Waals surface area (Å²) in [7, 11) is 1.62. The number of nitrogens with one attached hydrogen (secondary N) is 1. The lowest BCUT2D eigenvalue weighted by Crippen LogP contribution is -2.28. The number of fused-ring (bicyclic) bond motifs is 1. The smallest absolute Gasteiger partial charge is 0.287 e. The number of para-hydroxylation sites is 1. The minimum Gasteiger partial charge on any atom is -0.497 e. The summed E-state index contributed by atoms with van der Waals surface area (Å²) in [5.74, 6) is 2.18. The molecule has 160 valence electrons. The van der Waals surface area contributed by atoms with Crippen LogP contribution in [0.15, 0.2) is 62.7 Å². The van der Waals surface area contributed by atoms with E-state index in [9.17, 15) is 4.79 Å². The Morgan fingerprint density at radius 3 is 2.68 bits per heavy atom. The molecule has 0 spiro atoms. The van der Waals surface area contributed by atoms with Crippen molar-refractivity contribution in [2.75, 3.05) is 20.3 Å². The third kappa shape index (κ3) is 5.21. The number of methoxy groups -OCH3 is 1. The number of thioether (sulfide) groups is 1. The number of aromatic nitrogens is 1. The highest BCUT2D eigenvalue weighted by atomic mass is 32.2. The van der Waals surface area contributed by atoms with Crippen LogP contribution in [0, 0.1) is 6.92 Å². The van der Waals surface area contributed by atoms with Crippen LogP contribution in [0.1, 0.15) is 21.8 Å². The lowest BCUT2D eigenvalue weighted by atomic mass is 10.1. The van der Waals surface area contributed by atoms with Crippen LogP contribution >= 0.6 is 23.1 Å². The first-order chi connectivity index (χ1) is 15.1. The average Bonchev–Trinajstić information content (AvgIpc) is 3.38. The molecule has 0 aliphatic rings. The minimum atomic E-state index is -0.250. The lowest BCUT2D eigenvalue weighted by Gasteiger charge is -2.08. The molecule has 4 aromatic rings. The van der Waals surface area contributed by atoms with Gasteiger partial charge in [-0.2, -0.15) is 0 Å². The number of aryl methyl sites for hydroxylation is 1. The van der Waals surface area contributed by atoms with E-state index < -0.39 is 0 Å². The first kappa shape index (κ1) is 21.3. The van der Waals surface area contributed by atoms with Gasteiger partial charge in [0.25, 0.3) is 5.91 Å². The number of hydrogen-bond donors (Lipinski definition) is 1. The molecule has 0 atom stereocenters. The number of thiazole rings is 1. The zero-order chi connectivity index (χ0) is 21.6. The van der Waals surface area contributed by atoms with Crippen LogP contribution in [0.3, 0.4) is 0 Å². The molecule has 2 heterocycles. The van der Waals surface area contributed by atoms with Crippen LogP contribution in [0.25, 0.3) is 11.0 Å². The summed E-state index contributed by atoms with van der Waals surface area (Å²) in [6.07, 6.45) is 0. The van der Waals surface area contributed by atoms with Crippen LogP contribution in [0.4, 0.5) is 0 Å². The van der Waals surface area contributed by atoms with Gasteiger partial charge >= 0.3 is 0 Å². The number of amides is 1. The molecular formula is C23H22N2O4S2. The van der Waals surface area contributed by atoms with Crippen molar-refractivity contribution in [2.24, 2.45) is 0 Å². The topological polar surface area (TPSA) is 73.6 Å². The lowest BCUT2D eigenvalue weighted by molar-refractivity contribution is 0.0920. The van der Waals surface area contributed by atoms with Gasteiger partial charge in [0.1, 0.15) is 28.0 Å². The van der Waals surface area contributed by atoms with E-state index in [2.05, 4.69) is 10.3 Å². The summed E-state index contributed by atoms with van der Waals surface area (Å²) in [4.78, 5) is 17.3. The molecule has 0 aliphatic heterocycles. The van der Waals surface area contributed by atoms with Gasteiger partial charge in [0.2, 0.25) is 0 Å². The van der Waals surface area contributed by atoms with E-state index in [1.54, 1.807) is 30.2 Å². The van der Waals surface area contributed by atoms with Gasteiger partial charge in [-0.15, -0.1) is 11.3 Å². The van der Waals surface area contributed by atoms with Gasteiger partial charge in [0.05, 0.1) is 13.7 Å². The fourth-order valence-corrected chi connectivity index (χ4v) is 4.92. The van der Waals surface area contributed by atoms with Crippen molar-refractivity contribution < 1.29 is 18.7 Å². The van der Waals surface area contributed by atoms with Crippen molar-refractivity contribution in [3.8, 4) is 11.5 Å². The Bertz CT molecular complexity index is 1170. The van der Waals surface area contributed by atoms with Crippen LogP contribution in [0.5, 0.6) is 11.5 Å². The Balaban J connectivity index is 1.40. The fourth-order valence-electron chi connectivity index (χ4n) is 3.04. The van der Waals surface area contributed by atoms with E-state index in [4.69, 9.17) is 13.9 Å². The van der Waals surface area contributed by atoms with Gasteiger partial charge in [0, 0.05) is 27.8 Å². The van der Waals surface area contributed by atoms with Gasteiger partial charge in [0.15, 0.2) is 5.76 Å². The van der Waals surface area contributed by atoms with E-state index in [0.29, 0.717) is 30.2 Å². The van der Waals surface area contributed by atoms with E-state index in [-0.39, 0.29) is 5.91 Å². The molecular weight excluding hydrogens is 432 g/mol. The molecule has 2 aromatic heterocycles. The van der Waals surface area contributed by atoms with Crippen molar-refractivity contribution in [1.82, 2.24) is 10.3 Å². The standard InChI is InChI=1S/C23H22N2O4S2/c1-15-13-30-23(25-15)31-14-19-18-5-3-4-6-20(18)29-21(19)22(26)24-11-12-28-17-9-7-16(27-2)8-10-17/h3-10,13H,11-12,14H2,1-2H3,(H,24,26). The molecule has 0 unspecified atom stereocenters. The zero-order valence-electron chi connectivity index (χ0n) is 17.2. The van der Waals surface area contributed by atoms with Gasteiger partial charge in [-0.3, -0.25) is 4.79 Å². The summed E-state index contributed by atoms with van der Waals surface area (Å²) in [5.41, 5.74) is 2.58. The third-order valence-electron chi connectivity index (χ3n) is 4.56. The van der Waals surface area contributed by atoms with E-state index in [0.717, 1.165) is 32.5 Å². The second-order valence-electron chi connectivity index (χ2n) is 6.73. The second-order valence-corrected chi connectivity index (χ2v) is 8.81. The van der Waals surface area contributed by atoms with E-state index in [1.165, 1.54) is 0 Å². The molecule has 4 rings (SSSR count). The summed E-state index contributed by atoms with van der Waals surface area (Å²) in [6, 6.07) is 15.0. The maximum atomic E-state index is 12.8. The molecule has 31 heavy (non-hydrogen) atoms. The Labute approximate surface area is 188 Å². The fraction of sp³-hybridized carbons (Fsp3) is 0.217. The van der Waals surface area contributed by atoms with Crippen molar-refractivity contribution in [3.63, 3.8) is 0 Å². The van der Waals surface area contributed by atoms with Crippen molar-refractivity contribution in [3.05, 3.63) is 70.9 Å². The monoisotopic (exact) mass is 454 g/mol. The SMILES string of the molecule is COc1ccc(OCCNC(=O)c2oc3ccccc3c2CSc2nc(C)cs2)cc1. The number of hydrogen-bond acceptors (Lipinski definition) is 7. The molecule has 0 aliphatic carbocycles. The quantitative estimate of drug-likeness (QED) is 0.273. The predicted octanol–water partition coefficient (Wildman–Crippen LogP) is 5.31. The molecule has 1 N–H and O–H groups in total. The Morgan fingerprint density at radius 1 is 1.16 bits per heavy atom. The Morgan fingerprint density at radius 2 is 1.94 bits per heavy atom. The van der Waals surface area contributed by atoms with Gasteiger partial charge in [-0.05, 0) is 37.3 Å². The maximum absolute atomic E-state index is 12.8. The highest BCUT2D eigenvalue weighted by molar-refractivity contribution is 8.00. The van der Waals surface area contributed by atoms with Crippen molar-refractivity contribution in [2.45, 2.75) is 17.0 Å². The third-order valence-corrected chi connectivity index (χ3v) is 6.72. The average molecular weight is 455 g/mol. The number of benzene rings is 2. The predicted molar refractivity (Wildman–Crippen MR) is 123 cm³/mol. The number of ether oxygens (including phenoxy) is 2. The molecule has 0 fully saturated rings. The number of rotatable bonds is 9. The molecule has 0 saturated heterocycles. The van der Waals surface area contributed by atoms with Crippen LogP contribution < -0.4 is 14.8 Å². The van der Waals surface area contributed by atoms with E-state index >= 15 is 0 Å². The number of furan rings is 1. The number of nitrogens with zero attached hydrogens (tertiary/aromatic N) is 1. The molecule has 8 heteroatoms. The largest absolute Gasteiger partial charge is 0.497 e. The number of carbonyl (C=O) groups is 1. The maximum Gasteiger partial charge on any atom is 0.287 e. The van der Waals surface area contributed by atoms with Crippen LogP contribution in [-0.4, -0.2) is 31.2 Å². The Hall–Kier alpha value is -2.97. The molecule has 6 nitrogen and oxygen atoms in total. The van der Waals surface area contributed by atoms with Crippen LogP contribution in [-0.2, 0) is 5.75 Å². The van der Waals surface area contributed by atoms with E-state index in [1.807, 2.05) is 60.8 Å². The molecule has 2 aromatic carbocycles. The highest BCUT2D eigenvalue weighted by Crippen LogP contribution is 2.33. The first-order valence-corrected chi connectivity index (χ1v) is 11.6. The van der Waals surface area contributed by atoms with Crippen molar-refractivity contribution >= 4 is 40.0 Å². The molecule has 0 bridgehead atoms. The van der Waals surface area contributed by atoms with Gasteiger partial charge < -0.3 is 19.2 Å². The normalized spacial score (nSPS) is 10.9. The molecule has 0 radical (unpaired) electrons. The summed E-state index contributed by atoms with van der Waals surface area (Å²) in [6.45, 7) is 2.68. The number of carbonyl (C=O) groups excluding carboxylic acids is 1. The summed E-state index contributed by atoms with van der Waals surface area (Å²) >= 11 is 3.21. The zero-order valence-corrected chi connectivity index (χ0v) is 18.8. The first-order valence-electron chi connectivity index (χ1n) is 9.74. The molecule has 1 amide bonds. The Kier molecular flexibility index (Phi) is 6.79. The minimum absolute atomic E-state index is 0.250. The summed E-state index contributed by atoms with van der Waals surface area (Å²) in [5, 5.41) is 5.86. The molecule has 0 saturated carbocycles. The highest BCUT2D eigenvalue weighted by Gasteiger charge is 2.20. The van der Waals surface area contributed by atoms with Crippen LogP contribution in [0.2, 0.25) is 0 Å². The van der Waals surface area contributed by atoms with Crippen molar-refractivity contribution in [1.29, 1.82) is 0 Å². The summed E-state index contributed by atoms with van der Waals surface area (Å²) < 4.78 is 17.7. The van der Waals surface area contributed by atoms with Gasteiger partial charge in [-0.25, -0.2) is 4.98 Å². The van der Waals surface area contributed by atoms with Gasteiger partial charge in [-0.1, -0.05) is 30.0 Å². The second kappa shape index (κ2) is 9.89.